The number of amidine groups is 1. The average Bonchev–Trinajstić information content (AvgIpc) is 3.18. The van der Waals surface area contributed by atoms with E-state index in [0.29, 0.717) is 36.3 Å². The summed E-state index contributed by atoms with van der Waals surface area (Å²) in [6.45, 7) is 1.72. The van der Waals surface area contributed by atoms with Gasteiger partial charge in [-0.2, -0.15) is 0 Å². The summed E-state index contributed by atoms with van der Waals surface area (Å²) in [6.07, 6.45) is 2.88. The van der Waals surface area contributed by atoms with E-state index in [9.17, 15) is 10.1 Å². The quantitative estimate of drug-likeness (QED) is 0.593. The topological polar surface area (TPSA) is 71.9 Å². The SMILES string of the molecule is Cl.O=[N+]([O-])/C(=C\c1ccco1)C1=NCCN1Cc1ccc(Cl)cc1. The van der Waals surface area contributed by atoms with Gasteiger partial charge in [0.05, 0.1) is 23.8 Å². The van der Waals surface area contributed by atoms with E-state index in [1.807, 2.05) is 17.0 Å². The van der Waals surface area contributed by atoms with E-state index in [-0.39, 0.29) is 18.1 Å². The Morgan fingerprint density at radius 3 is 2.75 bits per heavy atom. The van der Waals surface area contributed by atoms with E-state index in [4.69, 9.17) is 16.0 Å². The van der Waals surface area contributed by atoms with Crippen molar-refractivity contribution < 1.29 is 9.34 Å². The zero-order chi connectivity index (χ0) is 16.2. The van der Waals surface area contributed by atoms with Crippen LogP contribution in [-0.4, -0.2) is 28.7 Å². The number of rotatable bonds is 5. The van der Waals surface area contributed by atoms with Crippen LogP contribution in [-0.2, 0) is 6.54 Å². The zero-order valence-corrected chi connectivity index (χ0v) is 14.2. The van der Waals surface area contributed by atoms with Crippen molar-refractivity contribution in [1.82, 2.24) is 4.90 Å². The fraction of sp³-hybridized carbons (Fsp3) is 0.188. The van der Waals surface area contributed by atoms with Crippen LogP contribution < -0.4 is 0 Å². The van der Waals surface area contributed by atoms with E-state index in [1.165, 1.54) is 12.3 Å². The highest BCUT2D eigenvalue weighted by atomic mass is 35.5. The van der Waals surface area contributed by atoms with Gasteiger partial charge in [-0.3, -0.25) is 15.1 Å². The van der Waals surface area contributed by atoms with Crippen molar-refractivity contribution in [2.75, 3.05) is 13.1 Å². The highest BCUT2D eigenvalue weighted by Gasteiger charge is 2.29. The third-order valence-electron chi connectivity index (χ3n) is 3.47. The molecular weight excluding hydrogens is 353 g/mol. The lowest BCUT2D eigenvalue weighted by Crippen LogP contribution is -2.30. The summed E-state index contributed by atoms with van der Waals surface area (Å²) in [5.41, 5.74) is 0.955. The van der Waals surface area contributed by atoms with Crippen molar-refractivity contribution in [3.05, 3.63) is 74.8 Å². The Labute approximate surface area is 150 Å². The number of hydrogen-bond acceptors (Lipinski definition) is 5. The van der Waals surface area contributed by atoms with Crippen LogP contribution in [0.4, 0.5) is 0 Å². The van der Waals surface area contributed by atoms with Gasteiger partial charge in [-0.05, 0) is 29.8 Å². The Hall–Kier alpha value is -2.31. The van der Waals surface area contributed by atoms with Gasteiger partial charge < -0.3 is 9.32 Å². The predicted octanol–water partition coefficient (Wildman–Crippen LogP) is 3.89. The summed E-state index contributed by atoms with van der Waals surface area (Å²) in [4.78, 5) is 17.2. The molecule has 1 aliphatic rings. The fourth-order valence-electron chi connectivity index (χ4n) is 2.40. The maximum absolute atomic E-state index is 11.4. The van der Waals surface area contributed by atoms with Crippen LogP contribution in [0.5, 0.6) is 0 Å². The average molecular weight is 368 g/mol. The van der Waals surface area contributed by atoms with Gasteiger partial charge in [-0.1, -0.05) is 23.7 Å². The first-order valence-electron chi connectivity index (χ1n) is 7.07. The fourth-order valence-corrected chi connectivity index (χ4v) is 2.52. The summed E-state index contributed by atoms with van der Waals surface area (Å²) < 4.78 is 5.17. The molecule has 0 saturated carbocycles. The first kappa shape index (κ1) is 18.0. The van der Waals surface area contributed by atoms with Crippen molar-refractivity contribution in [2.24, 2.45) is 4.99 Å². The molecule has 0 aliphatic carbocycles. The number of halogens is 2. The van der Waals surface area contributed by atoms with Gasteiger partial charge in [0.15, 0.2) is 0 Å². The molecule has 2 heterocycles. The van der Waals surface area contributed by atoms with Crippen LogP contribution >= 0.6 is 24.0 Å². The maximum Gasteiger partial charge on any atom is 0.314 e. The second-order valence-corrected chi connectivity index (χ2v) is 5.49. The molecule has 2 aromatic rings. The lowest BCUT2D eigenvalue weighted by molar-refractivity contribution is -0.414. The monoisotopic (exact) mass is 367 g/mol. The molecule has 0 fully saturated rings. The van der Waals surface area contributed by atoms with E-state index >= 15 is 0 Å². The van der Waals surface area contributed by atoms with Crippen LogP contribution in [0.2, 0.25) is 5.02 Å². The van der Waals surface area contributed by atoms with Crippen LogP contribution in [0.15, 0.2) is 57.8 Å². The summed E-state index contributed by atoms with van der Waals surface area (Å²) in [5.74, 6) is 0.805. The summed E-state index contributed by atoms with van der Waals surface area (Å²) in [5, 5.41) is 12.1. The van der Waals surface area contributed by atoms with Crippen molar-refractivity contribution in [1.29, 1.82) is 0 Å². The summed E-state index contributed by atoms with van der Waals surface area (Å²) in [6, 6.07) is 10.8. The maximum atomic E-state index is 11.4. The van der Waals surface area contributed by atoms with Crippen molar-refractivity contribution >= 4 is 35.9 Å². The molecule has 0 amide bonds. The summed E-state index contributed by atoms with van der Waals surface area (Å²) in [7, 11) is 0. The number of aliphatic imine (C=N–C) groups is 1. The Morgan fingerprint density at radius 1 is 1.38 bits per heavy atom. The Balaban J connectivity index is 0.00000208. The van der Waals surface area contributed by atoms with E-state index in [2.05, 4.69) is 4.99 Å². The predicted molar refractivity (Wildman–Crippen MR) is 95.1 cm³/mol. The lowest BCUT2D eigenvalue weighted by atomic mass is 10.2. The molecule has 0 radical (unpaired) electrons. The third-order valence-corrected chi connectivity index (χ3v) is 3.72. The second kappa shape index (κ2) is 7.99. The minimum absolute atomic E-state index is 0. The molecule has 8 heteroatoms. The summed E-state index contributed by atoms with van der Waals surface area (Å²) >= 11 is 5.88. The van der Waals surface area contributed by atoms with Gasteiger partial charge in [0.25, 0.3) is 0 Å². The van der Waals surface area contributed by atoms with Crippen LogP contribution in [0, 0.1) is 10.1 Å². The molecule has 0 N–H and O–H groups in total. The molecular formula is C16H15Cl2N3O3. The van der Waals surface area contributed by atoms with Crippen molar-refractivity contribution in [2.45, 2.75) is 6.54 Å². The normalized spacial score (nSPS) is 14.3. The van der Waals surface area contributed by atoms with E-state index in [1.54, 1.807) is 24.3 Å². The molecule has 6 nitrogen and oxygen atoms in total. The third kappa shape index (κ3) is 4.15. The molecule has 3 rings (SSSR count). The second-order valence-electron chi connectivity index (χ2n) is 5.06. The van der Waals surface area contributed by atoms with Gasteiger partial charge in [0, 0.05) is 18.1 Å². The molecule has 0 unspecified atom stereocenters. The number of furan rings is 1. The highest BCUT2D eigenvalue weighted by Crippen LogP contribution is 2.19. The number of nitrogens with zero attached hydrogens (tertiary/aromatic N) is 3. The van der Waals surface area contributed by atoms with Crippen LogP contribution in [0.3, 0.4) is 0 Å². The van der Waals surface area contributed by atoms with Crippen molar-refractivity contribution in [3.8, 4) is 0 Å². The molecule has 0 spiro atoms. The van der Waals surface area contributed by atoms with Gasteiger partial charge in [0.1, 0.15) is 5.76 Å². The lowest BCUT2D eigenvalue weighted by Gasteiger charge is -2.18. The number of benzene rings is 1. The minimum Gasteiger partial charge on any atom is -0.465 e. The van der Waals surface area contributed by atoms with E-state index < -0.39 is 4.92 Å². The minimum atomic E-state index is -0.429. The molecule has 0 saturated heterocycles. The smallest absolute Gasteiger partial charge is 0.314 e. The number of hydrogen-bond donors (Lipinski definition) is 0. The Bertz CT molecular complexity index is 755. The molecule has 24 heavy (non-hydrogen) atoms. The molecule has 1 aromatic heterocycles. The standard InChI is InChI=1S/C16H14ClN3O3.ClH/c17-13-5-3-12(4-6-13)11-19-8-7-18-16(19)15(20(21)22)10-14-2-1-9-23-14;/h1-6,9-10H,7-8,11H2;1H/b15-10-;. The first-order valence-corrected chi connectivity index (χ1v) is 7.45. The zero-order valence-electron chi connectivity index (χ0n) is 12.6. The first-order chi connectivity index (χ1) is 11.1. The molecule has 0 atom stereocenters. The Kier molecular flexibility index (Phi) is 6.00. The van der Waals surface area contributed by atoms with Gasteiger partial charge in [-0.25, -0.2) is 0 Å². The molecule has 1 aliphatic heterocycles. The van der Waals surface area contributed by atoms with Gasteiger partial charge >= 0.3 is 5.70 Å². The van der Waals surface area contributed by atoms with Crippen molar-refractivity contribution in [3.63, 3.8) is 0 Å². The Morgan fingerprint density at radius 2 is 2.12 bits per heavy atom. The van der Waals surface area contributed by atoms with E-state index in [0.717, 1.165) is 5.56 Å². The van der Waals surface area contributed by atoms with Crippen LogP contribution in [0.1, 0.15) is 11.3 Å². The highest BCUT2D eigenvalue weighted by molar-refractivity contribution is 6.30. The molecule has 126 valence electrons. The molecule has 0 bridgehead atoms. The van der Waals surface area contributed by atoms with Crippen LogP contribution in [0.25, 0.3) is 6.08 Å². The van der Waals surface area contributed by atoms with Gasteiger partial charge in [0.2, 0.25) is 5.84 Å². The van der Waals surface area contributed by atoms with Gasteiger partial charge in [-0.15, -0.1) is 12.4 Å². The molecule has 1 aromatic carbocycles. The number of nitro groups is 1. The largest absolute Gasteiger partial charge is 0.465 e.